The molecule has 2 aliphatic heterocycles. The molecule has 4 rings (SSSR count). The van der Waals surface area contributed by atoms with Crippen molar-refractivity contribution in [2.75, 3.05) is 40.5 Å². The summed E-state index contributed by atoms with van der Waals surface area (Å²) in [6.45, 7) is 4.70. The van der Waals surface area contributed by atoms with Crippen molar-refractivity contribution in [1.29, 1.82) is 0 Å². The summed E-state index contributed by atoms with van der Waals surface area (Å²) in [6, 6.07) is 14.0. The summed E-state index contributed by atoms with van der Waals surface area (Å²) < 4.78 is 0. The van der Waals surface area contributed by atoms with Gasteiger partial charge < -0.3 is 15.1 Å². The fourth-order valence-corrected chi connectivity index (χ4v) is 4.82. The maximum atomic E-state index is 12.5. The van der Waals surface area contributed by atoms with E-state index in [0.717, 1.165) is 29.4 Å². The molecule has 146 valence electrons. The molecular weight excluding hydrogens is 370 g/mol. The maximum absolute atomic E-state index is 12.5. The van der Waals surface area contributed by atoms with Crippen LogP contribution in [-0.4, -0.2) is 37.2 Å². The number of hydrogen-bond donors (Lipinski definition) is 1. The molecule has 2 aliphatic rings. The predicted octanol–water partition coefficient (Wildman–Crippen LogP) is 4.06. The van der Waals surface area contributed by atoms with Crippen molar-refractivity contribution < 1.29 is 9.59 Å². The summed E-state index contributed by atoms with van der Waals surface area (Å²) in [7, 11) is 0. The topological polar surface area (TPSA) is 52.7 Å². The van der Waals surface area contributed by atoms with Crippen molar-refractivity contribution in [1.82, 2.24) is 0 Å². The van der Waals surface area contributed by atoms with E-state index in [1.807, 2.05) is 36.4 Å². The highest BCUT2D eigenvalue weighted by molar-refractivity contribution is 8.00. The Bertz CT molecular complexity index is 893. The number of nitrogens with one attached hydrogen (secondary N) is 1. The summed E-state index contributed by atoms with van der Waals surface area (Å²) in [6.07, 6.45) is 2.77. The van der Waals surface area contributed by atoms with E-state index in [4.69, 9.17) is 0 Å². The fourth-order valence-electron chi connectivity index (χ4n) is 3.88. The zero-order valence-corrected chi connectivity index (χ0v) is 16.9. The average molecular weight is 396 g/mol. The third-order valence-corrected chi connectivity index (χ3v) is 6.35. The van der Waals surface area contributed by atoms with Gasteiger partial charge in [0.15, 0.2) is 0 Å². The highest BCUT2D eigenvalue weighted by Gasteiger charge is 2.24. The SMILES string of the molecule is Cc1cc(NC(=O)CCN2C(=O)CSc3ccccc32)ccc1N1CCCC1. The molecule has 0 bridgehead atoms. The molecule has 0 aliphatic carbocycles. The first kappa shape index (κ1) is 18.9. The van der Waals surface area contributed by atoms with E-state index in [1.54, 1.807) is 16.7 Å². The Kier molecular flexibility index (Phi) is 5.57. The first-order valence-electron chi connectivity index (χ1n) is 9.79. The quantitative estimate of drug-likeness (QED) is 0.829. The number of aryl methyl sites for hydroxylation is 1. The van der Waals surface area contributed by atoms with Gasteiger partial charge in [-0.2, -0.15) is 0 Å². The van der Waals surface area contributed by atoms with Gasteiger partial charge in [-0.15, -0.1) is 11.8 Å². The second-order valence-corrected chi connectivity index (χ2v) is 8.31. The molecule has 2 heterocycles. The Balaban J connectivity index is 1.37. The van der Waals surface area contributed by atoms with Gasteiger partial charge in [-0.25, -0.2) is 0 Å². The Labute approximate surface area is 170 Å². The third-order valence-electron chi connectivity index (χ3n) is 5.30. The number of amides is 2. The molecule has 0 spiro atoms. The van der Waals surface area contributed by atoms with E-state index < -0.39 is 0 Å². The minimum Gasteiger partial charge on any atom is -0.371 e. The number of benzene rings is 2. The number of nitrogens with zero attached hydrogens (tertiary/aromatic N) is 2. The number of fused-ring (bicyclic) bond motifs is 1. The molecule has 0 aromatic heterocycles. The van der Waals surface area contributed by atoms with E-state index in [-0.39, 0.29) is 18.2 Å². The number of para-hydroxylation sites is 1. The highest BCUT2D eigenvalue weighted by Crippen LogP contribution is 2.35. The number of hydrogen-bond acceptors (Lipinski definition) is 4. The Morgan fingerprint density at radius 3 is 2.68 bits per heavy atom. The van der Waals surface area contributed by atoms with E-state index in [0.29, 0.717) is 12.3 Å². The molecule has 1 N–H and O–H groups in total. The number of carbonyl (C=O) groups excluding carboxylic acids is 2. The van der Waals surface area contributed by atoms with E-state index in [2.05, 4.69) is 23.2 Å². The van der Waals surface area contributed by atoms with Crippen LogP contribution in [0.1, 0.15) is 24.8 Å². The lowest BCUT2D eigenvalue weighted by molar-refractivity contribution is -0.117. The van der Waals surface area contributed by atoms with Crippen LogP contribution in [0.5, 0.6) is 0 Å². The lowest BCUT2D eigenvalue weighted by Gasteiger charge is -2.28. The molecule has 2 amide bonds. The maximum Gasteiger partial charge on any atom is 0.237 e. The van der Waals surface area contributed by atoms with Crippen LogP contribution in [0, 0.1) is 6.92 Å². The van der Waals surface area contributed by atoms with Gasteiger partial charge in [0.2, 0.25) is 11.8 Å². The van der Waals surface area contributed by atoms with Crippen molar-refractivity contribution in [2.24, 2.45) is 0 Å². The van der Waals surface area contributed by atoms with Gasteiger partial charge in [0.25, 0.3) is 0 Å². The molecule has 0 atom stereocenters. The molecule has 28 heavy (non-hydrogen) atoms. The lowest BCUT2D eigenvalue weighted by atomic mass is 10.1. The van der Waals surface area contributed by atoms with Gasteiger partial charge in [0.1, 0.15) is 0 Å². The Morgan fingerprint density at radius 2 is 1.89 bits per heavy atom. The molecule has 0 unspecified atom stereocenters. The molecule has 2 aromatic rings. The number of rotatable bonds is 5. The van der Waals surface area contributed by atoms with Gasteiger partial charge in [-0.05, 0) is 55.7 Å². The number of thioether (sulfide) groups is 1. The zero-order valence-electron chi connectivity index (χ0n) is 16.1. The minimum atomic E-state index is -0.0724. The monoisotopic (exact) mass is 395 g/mol. The van der Waals surface area contributed by atoms with Gasteiger partial charge in [0.05, 0.1) is 11.4 Å². The van der Waals surface area contributed by atoms with Crippen molar-refractivity contribution >= 4 is 40.6 Å². The number of anilines is 3. The number of carbonyl (C=O) groups is 2. The summed E-state index contributed by atoms with van der Waals surface area (Å²) in [5.41, 5.74) is 4.15. The average Bonchev–Trinajstić information content (AvgIpc) is 3.22. The molecule has 5 nitrogen and oxygen atoms in total. The molecule has 0 saturated carbocycles. The molecule has 1 fully saturated rings. The third kappa shape index (κ3) is 4.02. The Morgan fingerprint density at radius 1 is 1.11 bits per heavy atom. The zero-order chi connectivity index (χ0) is 19.5. The smallest absolute Gasteiger partial charge is 0.237 e. The largest absolute Gasteiger partial charge is 0.371 e. The van der Waals surface area contributed by atoms with Crippen molar-refractivity contribution in [2.45, 2.75) is 31.1 Å². The van der Waals surface area contributed by atoms with Crippen molar-refractivity contribution in [3.63, 3.8) is 0 Å². The standard InChI is InChI=1S/C22H25N3O2S/c1-16-14-17(8-9-18(16)24-11-4-5-12-24)23-21(26)10-13-25-19-6-2-3-7-20(19)28-15-22(25)27/h2-3,6-9,14H,4-5,10-13,15H2,1H3,(H,23,26). The summed E-state index contributed by atoms with van der Waals surface area (Å²) in [5, 5.41) is 2.98. The van der Waals surface area contributed by atoms with E-state index in [1.165, 1.54) is 24.1 Å². The normalized spacial score (nSPS) is 16.2. The van der Waals surface area contributed by atoms with Crippen molar-refractivity contribution in [3.8, 4) is 0 Å². The summed E-state index contributed by atoms with van der Waals surface area (Å²) >= 11 is 1.55. The lowest BCUT2D eigenvalue weighted by Crippen LogP contribution is -2.37. The van der Waals surface area contributed by atoms with Crippen LogP contribution in [0.2, 0.25) is 0 Å². The van der Waals surface area contributed by atoms with E-state index >= 15 is 0 Å². The van der Waals surface area contributed by atoms with E-state index in [9.17, 15) is 9.59 Å². The molecule has 6 heteroatoms. The fraction of sp³-hybridized carbons (Fsp3) is 0.364. The van der Waals surface area contributed by atoms with Crippen LogP contribution in [0.25, 0.3) is 0 Å². The second-order valence-electron chi connectivity index (χ2n) is 7.30. The Hall–Kier alpha value is -2.47. The van der Waals surface area contributed by atoms with Crippen LogP contribution in [0.4, 0.5) is 17.1 Å². The summed E-state index contributed by atoms with van der Waals surface area (Å²) in [4.78, 5) is 30.0. The molecule has 2 aromatic carbocycles. The van der Waals surface area contributed by atoms with Gasteiger partial charge in [0, 0.05) is 42.3 Å². The van der Waals surface area contributed by atoms with Gasteiger partial charge >= 0.3 is 0 Å². The van der Waals surface area contributed by atoms with Gasteiger partial charge in [-0.3, -0.25) is 9.59 Å². The highest BCUT2D eigenvalue weighted by atomic mass is 32.2. The van der Waals surface area contributed by atoms with Crippen LogP contribution in [-0.2, 0) is 9.59 Å². The first-order chi connectivity index (χ1) is 13.6. The van der Waals surface area contributed by atoms with Crippen molar-refractivity contribution in [3.05, 3.63) is 48.0 Å². The molecule has 1 saturated heterocycles. The van der Waals surface area contributed by atoms with Crippen LogP contribution < -0.4 is 15.1 Å². The summed E-state index contributed by atoms with van der Waals surface area (Å²) in [5.74, 6) is 0.412. The van der Waals surface area contributed by atoms with Crippen LogP contribution in [0.15, 0.2) is 47.4 Å². The minimum absolute atomic E-state index is 0.0577. The molecule has 0 radical (unpaired) electrons. The predicted molar refractivity (Wildman–Crippen MR) is 115 cm³/mol. The first-order valence-corrected chi connectivity index (χ1v) is 10.8. The molecular formula is C22H25N3O2S. The second kappa shape index (κ2) is 8.27. The van der Waals surface area contributed by atoms with Crippen LogP contribution >= 0.6 is 11.8 Å². The van der Waals surface area contributed by atoms with Crippen LogP contribution in [0.3, 0.4) is 0 Å². The van der Waals surface area contributed by atoms with Gasteiger partial charge in [-0.1, -0.05) is 12.1 Å².